The number of halogens is 1. The number of carboxylic acid groups (broad SMARTS) is 1. The molecule has 0 saturated carbocycles. The first-order chi connectivity index (χ1) is 8.43. The highest BCUT2D eigenvalue weighted by Crippen LogP contribution is 2.22. The van der Waals surface area contributed by atoms with E-state index in [1.165, 1.54) is 23.3 Å². The number of aliphatic hydroxyl groups excluding tert-OH is 1. The van der Waals surface area contributed by atoms with Gasteiger partial charge in [0.05, 0.1) is 17.5 Å². The lowest BCUT2D eigenvalue weighted by molar-refractivity contribution is -0.140. The van der Waals surface area contributed by atoms with E-state index >= 15 is 0 Å². The molecule has 18 heavy (non-hydrogen) atoms. The van der Waals surface area contributed by atoms with E-state index in [1.54, 1.807) is 12.1 Å². The molecule has 0 bridgehead atoms. The predicted molar refractivity (Wildman–Crippen MR) is 67.8 cm³/mol. The number of hydrogen-bond donors (Lipinski definition) is 3. The second kappa shape index (κ2) is 6.58. The van der Waals surface area contributed by atoms with E-state index in [0.29, 0.717) is 10.9 Å². The van der Waals surface area contributed by atoms with Crippen LogP contribution < -0.4 is 5.32 Å². The lowest BCUT2D eigenvalue weighted by Gasteiger charge is -2.19. The van der Waals surface area contributed by atoms with Gasteiger partial charge in [-0.3, -0.25) is 0 Å². The number of urea groups is 1. The van der Waals surface area contributed by atoms with Crippen LogP contribution in [0.3, 0.4) is 0 Å². The van der Waals surface area contributed by atoms with Crippen molar-refractivity contribution < 1.29 is 19.8 Å². The lowest BCUT2D eigenvalue weighted by atomic mass is 10.3. The van der Waals surface area contributed by atoms with Gasteiger partial charge in [-0.25, -0.2) is 9.59 Å². The molecule has 1 rings (SSSR count). The number of nitrogens with one attached hydrogen (secondary N) is 1. The largest absolute Gasteiger partial charge is 0.480 e. The third-order valence-corrected chi connectivity index (χ3v) is 3.36. The summed E-state index contributed by atoms with van der Waals surface area (Å²) in [6.45, 7) is -0.333. The van der Waals surface area contributed by atoms with E-state index in [0.717, 1.165) is 4.88 Å². The summed E-state index contributed by atoms with van der Waals surface area (Å²) in [7, 11) is 1.53. The molecule has 1 unspecified atom stereocenters. The fraction of sp³-hybridized carbons (Fsp3) is 0.400. The number of aliphatic carboxylic acids is 1. The van der Waals surface area contributed by atoms with E-state index < -0.39 is 24.6 Å². The molecule has 0 saturated heterocycles. The van der Waals surface area contributed by atoms with Gasteiger partial charge < -0.3 is 20.4 Å². The Morgan fingerprint density at radius 3 is 2.67 bits per heavy atom. The molecule has 1 heterocycles. The van der Waals surface area contributed by atoms with E-state index in [2.05, 4.69) is 5.32 Å². The Morgan fingerprint density at radius 2 is 2.22 bits per heavy atom. The van der Waals surface area contributed by atoms with Crippen molar-refractivity contribution in [3.63, 3.8) is 0 Å². The zero-order chi connectivity index (χ0) is 13.7. The molecule has 0 radical (unpaired) electrons. The van der Waals surface area contributed by atoms with Crippen molar-refractivity contribution in [1.82, 2.24) is 10.2 Å². The lowest BCUT2D eigenvalue weighted by Crippen LogP contribution is -2.48. The van der Waals surface area contributed by atoms with Gasteiger partial charge in [-0.2, -0.15) is 0 Å². The van der Waals surface area contributed by atoms with Crippen molar-refractivity contribution in [2.45, 2.75) is 12.6 Å². The summed E-state index contributed by atoms with van der Waals surface area (Å²) in [5, 5.41) is 19.7. The molecule has 1 aromatic heterocycles. The molecular formula is C10H13ClN2O4S. The SMILES string of the molecule is CN(Cc1ccc(Cl)s1)C(=O)NC(CO)C(=O)O. The third-order valence-electron chi connectivity index (χ3n) is 2.15. The summed E-state index contributed by atoms with van der Waals surface area (Å²) in [4.78, 5) is 24.5. The van der Waals surface area contributed by atoms with Crippen LogP contribution in [0.5, 0.6) is 0 Å². The number of carbonyl (C=O) groups excluding carboxylic acids is 1. The van der Waals surface area contributed by atoms with Crippen molar-refractivity contribution >= 4 is 34.9 Å². The van der Waals surface area contributed by atoms with Crippen LogP contribution in [0, 0.1) is 0 Å². The number of rotatable bonds is 5. The van der Waals surface area contributed by atoms with Crippen molar-refractivity contribution in [2.75, 3.05) is 13.7 Å². The number of hydrogen-bond acceptors (Lipinski definition) is 4. The monoisotopic (exact) mass is 292 g/mol. The summed E-state index contributed by atoms with van der Waals surface area (Å²) in [5.41, 5.74) is 0. The second-order valence-corrected chi connectivity index (χ2v) is 5.38. The van der Waals surface area contributed by atoms with Gasteiger partial charge in [0.25, 0.3) is 0 Å². The molecule has 1 aromatic rings. The number of amides is 2. The fourth-order valence-corrected chi connectivity index (χ4v) is 2.33. The van der Waals surface area contributed by atoms with Crippen LogP contribution in [0.2, 0.25) is 4.34 Å². The maximum atomic E-state index is 11.6. The molecule has 0 fully saturated rings. The first kappa shape index (κ1) is 14.7. The minimum atomic E-state index is -1.30. The van der Waals surface area contributed by atoms with Gasteiger partial charge in [-0.15, -0.1) is 11.3 Å². The van der Waals surface area contributed by atoms with Crippen LogP contribution in [0.15, 0.2) is 12.1 Å². The first-order valence-corrected chi connectivity index (χ1v) is 6.23. The quantitative estimate of drug-likeness (QED) is 0.755. The number of nitrogens with zero attached hydrogens (tertiary/aromatic N) is 1. The first-order valence-electron chi connectivity index (χ1n) is 5.03. The summed E-state index contributed by atoms with van der Waals surface area (Å²) in [5.74, 6) is -1.28. The Balaban J connectivity index is 2.53. The minimum absolute atomic E-state index is 0.320. The summed E-state index contributed by atoms with van der Waals surface area (Å²) in [6.07, 6.45) is 0. The van der Waals surface area contributed by atoms with E-state index in [1.807, 2.05) is 0 Å². The molecule has 0 aliphatic rings. The number of carbonyl (C=O) groups is 2. The van der Waals surface area contributed by atoms with Gasteiger partial charge in [0.15, 0.2) is 6.04 Å². The van der Waals surface area contributed by atoms with E-state index in [4.69, 9.17) is 21.8 Å². The number of thiophene rings is 1. The molecule has 3 N–H and O–H groups in total. The van der Waals surface area contributed by atoms with Crippen molar-refractivity contribution in [3.05, 3.63) is 21.3 Å². The highest BCUT2D eigenvalue weighted by molar-refractivity contribution is 7.16. The molecular weight excluding hydrogens is 280 g/mol. The van der Waals surface area contributed by atoms with Crippen LogP contribution in [0.1, 0.15) is 4.88 Å². The van der Waals surface area contributed by atoms with Crippen molar-refractivity contribution in [2.24, 2.45) is 0 Å². The topological polar surface area (TPSA) is 89.9 Å². The maximum Gasteiger partial charge on any atom is 0.328 e. The Bertz CT molecular complexity index is 437. The van der Waals surface area contributed by atoms with Gasteiger partial charge in [-0.1, -0.05) is 11.6 Å². The standard InChI is InChI=1S/C10H13ClN2O4S/c1-13(4-6-2-3-8(11)18-6)10(17)12-7(5-14)9(15)16/h2-3,7,14H,4-5H2,1H3,(H,12,17)(H,15,16). The Hall–Kier alpha value is -1.31. The van der Waals surface area contributed by atoms with Gasteiger partial charge in [-0.05, 0) is 12.1 Å². The van der Waals surface area contributed by atoms with Crippen molar-refractivity contribution in [3.8, 4) is 0 Å². The maximum absolute atomic E-state index is 11.6. The average Bonchev–Trinajstić information content (AvgIpc) is 2.70. The summed E-state index contributed by atoms with van der Waals surface area (Å²) in [6, 6.07) is 1.64. The van der Waals surface area contributed by atoms with E-state index in [-0.39, 0.29) is 0 Å². The van der Waals surface area contributed by atoms with Crippen LogP contribution in [-0.2, 0) is 11.3 Å². The van der Waals surface area contributed by atoms with Gasteiger partial charge in [0.2, 0.25) is 0 Å². The molecule has 0 aliphatic carbocycles. The molecule has 1 atom stereocenters. The van der Waals surface area contributed by atoms with Crippen LogP contribution in [-0.4, -0.2) is 46.8 Å². The van der Waals surface area contributed by atoms with Crippen LogP contribution >= 0.6 is 22.9 Å². The molecule has 0 aliphatic heterocycles. The smallest absolute Gasteiger partial charge is 0.328 e. The zero-order valence-electron chi connectivity index (χ0n) is 9.59. The molecule has 0 aromatic carbocycles. The molecule has 2 amide bonds. The summed E-state index contributed by atoms with van der Waals surface area (Å²) < 4.78 is 0.623. The Morgan fingerprint density at radius 1 is 1.56 bits per heavy atom. The van der Waals surface area contributed by atoms with Crippen LogP contribution in [0.4, 0.5) is 4.79 Å². The van der Waals surface area contributed by atoms with Gasteiger partial charge in [0.1, 0.15) is 0 Å². The number of carboxylic acids is 1. The van der Waals surface area contributed by atoms with Crippen molar-refractivity contribution in [1.29, 1.82) is 0 Å². The Kier molecular flexibility index (Phi) is 5.39. The fourth-order valence-electron chi connectivity index (χ4n) is 1.19. The average molecular weight is 293 g/mol. The number of aliphatic hydroxyl groups is 1. The normalized spacial score (nSPS) is 11.9. The molecule has 0 spiro atoms. The highest BCUT2D eigenvalue weighted by Gasteiger charge is 2.20. The molecule has 6 nitrogen and oxygen atoms in total. The minimum Gasteiger partial charge on any atom is -0.480 e. The molecule has 100 valence electrons. The Labute approximate surface area is 113 Å². The predicted octanol–water partition coefficient (Wildman–Crippen LogP) is 0.988. The highest BCUT2D eigenvalue weighted by atomic mass is 35.5. The van der Waals surface area contributed by atoms with Gasteiger partial charge >= 0.3 is 12.0 Å². The zero-order valence-corrected chi connectivity index (χ0v) is 11.2. The third kappa shape index (κ3) is 4.17. The van der Waals surface area contributed by atoms with Crippen LogP contribution in [0.25, 0.3) is 0 Å². The van der Waals surface area contributed by atoms with E-state index in [9.17, 15) is 9.59 Å². The summed E-state index contributed by atoms with van der Waals surface area (Å²) >= 11 is 7.10. The van der Waals surface area contributed by atoms with Gasteiger partial charge in [0, 0.05) is 11.9 Å². The molecule has 8 heteroatoms. The second-order valence-electron chi connectivity index (χ2n) is 3.58.